The Morgan fingerprint density at radius 2 is 1.91 bits per heavy atom. The quantitative estimate of drug-likeness (QED) is 0.259. The van der Waals surface area contributed by atoms with E-state index in [0.717, 1.165) is 43.3 Å². The number of halogens is 1. The number of carbonyl (C=O) groups is 1. The van der Waals surface area contributed by atoms with E-state index in [9.17, 15) is 4.79 Å². The van der Waals surface area contributed by atoms with Crippen molar-refractivity contribution in [2.24, 2.45) is 0 Å². The fourth-order valence-electron chi connectivity index (χ4n) is 5.25. The van der Waals surface area contributed by atoms with Gasteiger partial charge in [0.25, 0.3) is 11.7 Å². The first-order valence-corrected chi connectivity index (χ1v) is 14.3. The summed E-state index contributed by atoms with van der Waals surface area (Å²) >= 11 is 0. The van der Waals surface area contributed by atoms with Gasteiger partial charge in [-0.2, -0.15) is 4.98 Å². The topological polar surface area (TPSA) is 138 Å². The molecule has 1 amide bonds. The average Bonchev–Trinajstić information content (AvgIpc) is 3.68. The number of aromatic nitrogens is 6. The molecule has 43 heavy (non-hydrogen) atoms. The molecule has 6 rings (SSSR count). The minimum Gasteiger partial charge on any atom is -0.354 e. The number of H-pyrrole nitrogens is 1. The van der Waals surface area contributed by atoms with Crippen LogP contribution in [-0.4, -0.2) is 62.2 Å². The Kier molecular flexibility index (Phi) is 7.38. The van der Waals surface area contributed by atoms with E-state index in [1.165, 1.54) is 6.33 Å². The van der Waals surface area contributed by atoms with Gasteiger partial charge in [0.1, 0.15) is 23.6 Å². The molecule has 1 aliphatic heterocycles. The summed E-state index contributed by atoms with van der Waals surface area (Å²) in [5, 5.41) is 10.7. The molecule has 0 aliphatic carbocycles. The lowest BCUT2D eigenvalue weighted by Gasteiger charge is -2.28. The van der Waals surface area contributed by atoms with Gasteiger partial charge in [-0.25, -0.2) is 19.3 Å². The van der Waals surface area contributed by atoms with E-state index in [1.54, 1.807) is 26.0 Å². The van der Waals surface area contributed by atoms with Crippen molar-refractivity contribution in [1.82, 2.24) is 40.7 Å². The highest BCUT2D eigenvalue weighted by Gasteiger charge is 2.26. The van der Waals surface area contributed by atoms with Crippen LogP contribution in [0.5, 0.6) is 0 Å². The summed E-state index contributed by atoms with van der Waals surface area (Å²) in [6.45, 7) is 12.9. The first kappa shape index (κ1) is 28.4. The number of amides is 1. The molecule has 1 aliphatic rings. The monoisotopic (exact) mass is 583 g/mol. The number of piperazine rings is 1. The smallest absolute Gasteiger partial charge is 0.293 e. The molecule has 1 fully saturated rings. The van der Waals surface area contributed by atoms with Gasteiger partial charge in [0.15, 0.2) is 0 Å². The maximum atomic E-state index is 15.9. The van der Waals surface area contributed by atoms with E-state index in [1.807, 2.05) is 45.2 Å². The van der Waals surface area contributed by atoms with Crippen LogP contribution in [0.1, 0.15) is 61.4 Å². The summed E-state index contributed by atoms with van der Waals surface area (Å²) in [6.07, 6.45) is 3.26. The number of hydrogen-bond donors (Lipinski definition) is 3. The Balaban J connectivity index is 1.25. The summed E-state index contributed by atoms with van der Waals surface area (Å²) in [6, 6.07) is 8.95. The van der Waals surface area contributed by atoms with E-state index in [2.05, 4.69) is 45.6 Å². The van der Waals surface area contributed by atoms with Crippen molar-refractivity contribution >= 4 is 22.8 Å². The Bertz CT molecular complexity index is 1780. The van der Waals surface area contributed by atoms with Gasteiger partial charge in [0.2, 0.25) is 5.89 Å². The van der Waals surface area contributed by atoms with Gasteiger partial charge in [0.05, 0.1) is 11.7 Å². The molecule has 0 saturated carbocycles. The number of rotatable bonds is 6. The highest BCUT2D eigenvalue weighted by atomic mass is 19.1. The molecule has 1 saturated heterocycles. The third-order valence-corrected chi connectivity index (χ3v) is 7.69. The van der Waals surface area contributed by atoms with Crippen LogP contribution in [-0.2, 0) is 5.41 Å². The van der Waals surface area contributed by atoms with Crippen LogP contribution < -0.4 is 15.5 Å². The van der Waals surface area contributed by atoms with E-state index < -0.39 is 17.8 Å². The minimum atomic E-state index is -0.506. The zero-order chi connectivity index (χ0) is 30.3. The number of anilines is 1. The molecular weight excluding hydrogens is 549 g/mol. The number of aromatic amines is 1. The normalized spacial score (nSPS) is 14.7. The molecule has 222 valence electrons. The molecule has 0 unspecified atom stereocenters. The first-order valence-electron chi connectivity index (χ1n) is 14.3. The molecule has 5 heterocycles. The van der Waals surface area contributed by atoms with Crippen LogP contribution in [0, 0.1) is 12.7 Å². The predicted molar refractivity (Wildman–Crippen MR) is 161 cm³/mol. The van der Waals surface area contributed by atoms with Crippen molar-refractivity contribution in [3.8, 4) is 22.5 Å². The first-order chi connectivity index (χ1) is 20.6. The highest BCUT2D eigenvalue weighted by Crippen LogP contribution is 2.34. The summed E-state index contributed by atoms with van der Waals surface area (Å²) in [5.74, 6) is 0.328. The second-order valence-corrected chi connectivity index (χ2v) is 11.8. The summed E-state index contributed by atoms with van der Waals surface area (Å²) in [4.78, 5) is 36.1. The van der Waals surface area contributed by atoms with Crippen molar-refractivity contribution in [3.05, 3.63) is 71.5 Å². The zero-order valence-corrected chi connectivity index (χ0v) is 24.8. The third-order valence-electron chi connectivity index (χ3n) is 7.69. The van der Waals surface area contributed by atoms with Gasteiger partial charge in [-0.1, -0.05) is 32.0 Å². The molecule has 0 spiro atoms. The Morgan fingerprint density at radius 3 is 2.60 bits per heavy atom. The van der Waals surface area contributed by atoms with E-state index in [4.69, 9.17) is 4.52 Å². The lowest BCUT2D eigenvalue weighted by Crippen LogP contribution is -2.43. The molecule has 0 bridgehead atoms. The Labute approximate surface area is 248 Å². The van der Waals surface area contributed by atoms with Gasteiger partial charge in [0, 0.05) is 60.0 Å². The summed E-state index contributed by atoms with van der Waals surface area (Å²) in [7, 11) is 0. The van der Waals surface area contributed by atoms with Gasteiger partial charge >= 0.3 is 0 Å². The van der Waals surface area contributed by atoms with Crippen LogP contribution in [0.25, 0.3) is 33.5 Å². The second kappa shape index (κ2) is 11.2. The Hall–Kier alpha value is -4.71. The standard InChI is InChI=1S/C31H34FN9O2/c1-17-20(18(2)37-29(42)28-39-30(43-40-28)31(3,4)5)7-8-21(25(17)32)26-22-14-23(38-27(22)36-16-35-26)19-6-9-24(34-15-19)41-12-10-33-11-13-41/h6-9,14-16,18,33H,10-13H2,1-5H3,(H,37,42)(H,35,36,38)/t18-/m1/s1. The second-order valence-electron chi connectivity index (χ2n) is 11.8. The molecule has 1 aromatic carbocycles. The SMILES string of the molecule is Cc1c([C@@H](C)NC(=O)c2noc(C(C)(C)C)n2)ccc(-c2ncnc3[nH]c(-c4ccc(N5CCNCC5)nc4)cc23)c1F. The molecule has 4 aromatic heterocycles. The van der Waals surface area contributed by atoms with Crippen molar-refractivity contribution in [1.29, 1.82) is 0 Å². The zero-order valence-electron chi connectivity index (χ0n) is 24.8. The lowest BCUT2D eigenvalue weighted by atomic mass is 9.96. The fraction of sp³-hybridized carbons (Fsp3) is 0.355. The van der Waals surface area contributed by atoms with E-state index in [0.29, 0.717) is 39.3 Å². The highest BCUT2D eigenvalue weighted by molar-refractivity contribution is 5.94. The molecule has 12 heteroatoms. The van der Waals surface area contributed by atoms with Crippen LogP contribution in [0.2, 0.25) is 0 Å². The molecular formula is C31H34FN9O2. The maximum absolute atomic E-state index is 15.9. The Morgan fingerprint density at radius 1 is 1.12 bits per heavy atom. The van der Waals surface area contributed by atoms with Gasteiger partial charge in [-0.05, 0) is 49.2 Å². The lowest BCUT2D eigenvalue weighted by molar-refractivity contribution is 0.0926. The fourth-order valence-corrected chi connectivity index (χ4v) is 5.25. The molecule has 5 aromatic rings. The van der Waals surface area contributed by atoms with E-state index in [-0.39, 0.29) is 11.2 Å². The number of hydrogen-bond acceptors (Lipinski definition) is 9. The van der Waals surface area contributed by atoms with Gasteiger partial charge in [-0.3, -0.25) is 4.79 Å². The summed E-state index contributed by atoms with van der Waals surface area (Å²) < 4.78 is 21.2. The molecule has 3 N–H and O–H groups in total. The number of carbonyl (C=O) groups excluding carboxylic acids is 1. The maximum Gasteiger partial charge on any atom is 0.293 e. The molecule has 11 nitrogen and oxygen atoms in total. The summed E-state index contributed by atoms with van der Waals surface area (Å²) in [5.41, 5.74) is 3.79. The van der Waals surface area contributed by atoms with Crippen LogP contribution in [0.4, 0.5) is 10.2 Å². The van der Waals surface area contributed by atoms with Crippen molar-refractivity contribution < 1.29 is 13.7 Å². The molecule has 1 atom stereocenters. The van der Waals surface area contributed by atoms with Crippen molar-refractivity contribution in [3.63, 3.8) is 0 Å². The van der Waals surface area contributed by atoms with E-state index >= 15 is 4.39 Å². The molecule has 0 radical (unpaired) electrons. The van der Waals surface area contributed by atoms with Crippen molar-refractivity contribution in [2.75, 3.05) is 31.1 Å². The van der Waals surface area contributed by atoms with Gasteiger partial charge < -0.3 is 25.0 Å². The van der Waals surface area contributed by atoms with Gasteiger partial charge in [-0.15, -0.1) is 0 Å². The third kappa shape index (κ3) is 5.57. The number of nitrogens with one attached hydrogen (secondary N) is 3. The largest absolute Gasteiger partial charge is 0.354 e. The van der Waals surface area contributed by atoms with Crippen LogP contribution >= 0.6 is 0 Å². The predicted octanol–water partition coefficient (Wildman–Crippen LogP) is 4.72. The number of fused-ring (bicyclic) bond motifs is 1. The number of nitrogens with zero attached hydrogens (tertiary/aromatic N) is 6. The van der Waals surface area contributed by atoms with Crippen LogP contribution in [0.3, 0.4) is 0 Å². The number of pyridine rings is 1. The van der Waals surface area contributed by atoms with Crippen molar-refractivity contribution in [2.45, 2.75) is 46.1 Å². The minimum absolute atomic E-state index is 0.0632. The van der Waals surface area contributed by atoms with Crippen LogP contribution in [0.15, 0.2) is 47.4 Å². The average molecular weight is 584 g/mol. The number of benzene rings is 1.